The second-order valence-corrected chi connectivity index (χ2v) is 5.33. The normalized spacial score (nSPS) is 11.1. The maximum atomic E-state index is 9.43. The highest BCUT2D eigenvalue weighted by atomic mass is 32.2. The van der Waals surface area contributed by atoms with E-state index in [1.165, 1.54) is 23.1 Å². The second-order valence-electron chi connectivity index (χ2n) is 3.26. The lowest BCUT2D eigenvalue weighted by atomic mass is 10.4. The number of aliphatic hydroxyl groups is 1. The molecule has 5 nitrogen and oxygen atoms in total. The maximum Gasteiger partial charge on any atom is 0.180 e. The summed E-state index contributed by atoms with van der Waals surface area (Å²) >= 11 is 2.88. The molecule has 0 atom stereocenters. The summed E-state index contributed by atoms with van der Waals surface area (Å²) in [6, 6.07) is 5.74. The van der Waals surface area contributed by atoms with Crippen LogP contribution in [0.15, 0.2) is 39.3 Å². The molecule has 0 aliphatic rings. The van der Waals surface area contributed by atoms with Crippen molar-refractivity contribution in [1.82, 2.24) is 19.6 Å². The van der Waals surface area contributed by atoms with E-state index in [0.29, 0.717) is 0 Å². The van der Waals surface area contributed by atoms with E-state index in [2.05, 4.69) is 15.2 Å². The molecule has 0 unspecified atom stereocenters. The minimum absolute atomic E-state index is 0.0493. The quantitative estimate of drug-likeness (QED) is 0.782. The maximum absolute atomic E-state index is 9.43. The fourth-order valence-corrected chi connectivity index (χ4v) is 3.05. The lowest BCUT2D eigenvalue weighted by Gasteiger charge is -1.98. The Morgan fingerprint density at radius 3 is 3.12 bits per heavy atom. The van der Waals surface area contributed by atoms with Gasteiger partial charge in [-0.05, 0) is 23.9 Å². The molecule has 0 saturated heterocycles. The Kier molecular flexibility index (Phi) is 2.79. The Bertz CT molecular complexity index is 635. The average Bonchev–Trinajstić information content (AvgIpc) is 2.96. The first-order valence-corrected chi connectivity index (χ1v) is 6.59. The minimum Gasteiger partial charge on any atom is -0.390 e. The zero-order valence-electron chi connectivity index (χ0n) is 8.65. The van der Waals surface area contributed by atoms with Crippen LogP contribution in [0.4, 0.5) is 0 Å². The summed E-state index contributed by atoms with van der Waals surface area (Å²) in [7, 11) is 0. The molecule has 0 fully saturated rings. The first-order valence-electron chi connectivity index (χ1n) is 4.89. The predicted octanol–water partition coefficient (Wildman–Crippen LogP) is 1.83. The summed E-state index contributed by atoms with van der Waals surface area (Å²) in [5.74, 6) is 0. The van der Waals surface area contributed by atoms with Crippen LogP contribution in [0.25, 0.3) is 5.65 Å². The molecule has 1 N–H and O–H groups in total. The summed E-state index contributed by atoms with van der Waals surface area (Å²) in [6.45, 7) is -0.0493. The largest absolute Gasteiger partial charge is 0.390 e. The van der Waals surface area contributed by atoms with Crippen molar-refractivity contribution >= 4 is 28.7 Å². The van der Waals surface area contributed by atoms with Gasteiger partial charge in [-0.3, -0.25) is 0 Å². The zero-order chi connectivity index (χ0) is 11.7. The van der Waals surface area contributed by atoms with Crippen molar-refractivity contribution in [2.45, 2.75) is 16.0 Å². The first-order chi connectivity index (χ1) is 8.38. The van der Waals surface area contributed by atoms with Gasteiger partial charge in [0, 0.05) is 6.20 Å². The summed E-state index contributed by atoms with van der Waals surface area (Å²) in [5.41, 5.74) is 3.28. The summed E-state index contributed by atoms with van der Waals surface area (Å²) in [4.78, 5) is 4.46. The first kappa shape index (κ1) is 10.7. The molecule has 7 heteroatoms. The van der Waals surface area contributed by atoms with E-state index < -0.39 is 0 Å². The molecule has 3 rings (SSSR count). The van der Waals surface area contributed by atoms with Crippen molar-refractivity contribution in [2.75, 3.05) is 0 Å². The molecule has 0 aliphatic carbocycles. The van der Waals surface area contributed by atoms with Crippen LogP contribution in [0.1, 0.15) is 5.69 Å². The van der Waals surface area contributed by atoms with Crippen LogP contribution in [-0.4, -0.2) is 24.7 Å². The van der Waals surface area contributed by atoms with E-state index in [0.717, 1.165) is 20.7 Å². The van der Waals surface area contributed by atoms with Crippen molar-refractivity contribution in [1.29, 1.82) is 0 Å². The SMILES string of the molecule is OCc1c(Sc2nncs2)nc2ccccn12. The van der Waals surface area contributed by atoms with Gasteiger partial charge in [-0.25, -0.2) is 4.98 Å². The molecule has 17 heavy (non-hydrogen) atoms. The topological polar surface area (TPSA) is 63.3 Å². The van der Waals surface area contributed by atoms with Crippen molar-refractivity contribution in [2.24, 2.45) is 0 Å². The number of hydrogen-bond acceptors (Lipinski definition) is 6. The second kappa shape index (κ2) is 4.44. The molecule has 3 aromatic rings. The summed E-state index contributed by atoms with van der Waals surface area (Å²) in [5, 5.41) is 17.9. The van der Waals surface area contributed by atoms with Crippen LogP contribution in [0, 0.1) is 0 Å². The molecule has 0 aliphatic heterocycles. The zero-order valence-corrected chi connectivity index (χ0v) is 10.3. The standard InChI is InChI=1S/C10H8N4OS2/c15-5-7-9(17-10-13-11-6-16-10)12-8-3-1-2-4-14(7)8/h1-4,6,15H,5H2. The van der Waals surface area contributed by atoms with Gasteiger partial charge in [-0.15, -0.1) is 10.2 Å². The van der Waals surface area contributed by atoms with E-state index in [-0.39, 0.29) is 6.61 Å². The highest BCUT2D eigenvalue weighted by Gasteiger charge is 2.13. The van der Waals surface area contributed by atoms with Gasteiger partial charge in [-0.1, -0.05) is 17.4 Å². The van der Waals surface area contributed by atoms with Gasteiger partial charge in [-0.2, -0.15) is 0 Å². The van der Waals surface area contributed by atoms with Gasteiger partial charge in [0.15, 0.2) is 4.34 Å². The number of fused-ring (bicyclic) bond motifs is 1. The highest BCUT2D eigenvalue weighted by molar-refractivity contribution is 8.01. The van der Waals surface area contributed by atoms with E-state index >= 15 is 0 Å². The molecule has 0 spiro atoms. The lowest BCUT2D eigenvalue weighted by Crippen LogP contribution is -1.92. The van der Waals surface area contributed by atoms with Crippen LogP contribution in [0.2, 0.25) is 0 Å². The number of nitrogens with zero attached hydrogens (tertiary/aromatic N) is 4. The monoisotopic (exact) mass is 264 g/mol. The van der Waals surface area contributed by atoms with Crippen LogP contribution >= 0.6 is 23.1 Å². The van der Waals surface area contributed by atoms with Crippen LogP contribution < -0.4 is 0 Å². The molecular weight excluding hydrogens is 256 g/mol. The van der Waals surface area contributed by atoms with E-state index in [1.807, 2.05) is 28.8 Å². The van der Waals surface area contributed by atoms with Crippen molar-refractivity contribution in [3.63, 3.8) is 0 Å². The molecule has 0 aromatic carbocycles. The fourth-order valence-electron chi connectivity index (χ4n) is 1.54. The highest BCUT2D eigenvalue weighted by Crippen LogP contribution is 2.31. The van der Waals surface area contributed by atoms with Gasteiger partial charge in [0.05, 0.1) is 12.3 Å². The third-order valence-electron chi connectivity index (χ3n) is 2.27. The summed E-state index contributed by atoms with van der Waals surface area (Å²) < 4.78 is 2.70. The number of rotatable bonds is 3. The molecule has 86 valence electrons. The third-order valence-corrected chi connectivity index (χ3v) is 4.06. The van der Waals surface area contributed by atoms with E-state index in [4.69, 9.17) is 0 Å². The third kappa shape index (κ3) is 1.92. The fraction of sp³-hybridized carbons (Fsp3) is 0.100. The number of hydrogen-bond donors (Lipinski definition) is 1. The summed E-state index contributed by atoms with van der Waals surface area (Å²) in [6.07, 6.45) is 1.89. The predicted molar refractivity (Wildman–Crippen MR) is 65.1 cm³/mol. The van der Waals surface area contributed by atoms with Gasteiger partial charge in [0.25, 0.3) is 0 Å². The van der Waals surface area contributed by atoms with Crippen molar-refractivity contribution in [3.8, 4) is 0 Å². The van der Waals surface area contributed by atoms with Crippen LogP contribution in [-0.2, 0) is 6.61 Å². The molecule has 0 amide bonds. The Balaban J connectivity index is 2.09. The lowest BCUT2D eigenvalue weighted by molar-refractivity contribution is 0.272. The molecular formula is C10H8N4OS2. The van der Waals surface area contributed by atoms with Crippen molar-refractivity contribution < 1.29 is 5.11 Å². The van der Waals surface area contributed by atoms with Crippen LogP contribution in [0.5, 0.6) is 0 Å². The van der Waals surface area contributed by atoms with Gasteiger partial charge < -0.3 is 9.51 Å². The van der Waals surface area contributed by atoms with E-state index in [1.54, 1.807) is 5.51 Å². The number of aromatic nitrogens is 4. The van der Waals surface area contributed by atoms with Crippen LogP contribution in [0.3, 0.4) is 0 Å². The Hall–Kier alpha value is -1.44. The Morgan fingerprint density at radius 2 is 2.35 bits per heavy atom. The molecule has 0 bridgehead atoms. The molecule has 0 saturated carbocycles. The molecule has 3 heterocycles. The van der Waals surface area contributed by atoms with Gasteiger partial charge in [0.2, 0.25) is 0 Å². The average molecular weight is 264 g/mol. The van der Waals surface area contributed by atoms with Gasteiger partial charge in [0.1, 0.15) is 16.2 Å². The molecule has 3 aromatic heterocycles. The minimum atomic E-state index is -0.0493. The molecule has 0 radical (unpaired) electrons. The van der Waals surface area contributed by atoms with Crippen molar-refractivity contribution in [3.05, 3.63) is 35.6 Å². The smallest absolute Gasteiger partial charge is 0.180 e. The van der Waals surface area contributed by atoms with E-state index in [9.17, 15) is 5.11 Å². The number of aliphatic hydroxyl groups excluding tert-OH is 1. The number of pyridine rings is 1. The number of imidazole rings is 1. The van der Waals surface area contributed by atoms with Gasteiger partial charge >= 0.3 is 0 Å². The Morgan fingerprint density at radius 1 is 1.41 bits per heavy atom. The Labute approximate surface area is 105 Å².